The van der Waals surface area contributed by atoms with E-state index in [0.29, 0.717) is 11.5 Å². The van der Waals surface area contributed by atoms with Crippen LogP contribution in [0.15, 0.2) is 53.1 Å². The average Bonchev–Trinajstić information content (AvgIpc) is 3.30. The molecule has 4 N–H and O–H groups in total. The van der Waals surface area contributed by atoms with Gasteiger partial charge in [-0.1, -0.05) is 29.4 Å². The van der Waals surface area contributed by atoms with Gasteiger partial charge in [-0.05, 0) is 57.0 Å². The Morgan fingerprint density at radius 3 is 2.39 bits per heavy atom. The second-order valence-electron chi connectivity index (χ2n) is 9.02. The number of halogens is 1. The Kier molecular flexibility index (Phi) is 9.55. The summed E-state index contributed by atoms with van der Waals surface area (Å²) < 4.78 is 24.9. The highest BCUT2D eigenvalue weighted by Gasteiger charge is 2.31. The number of aliphatic hydroxyl groups excluding tert-OH is 1. The summed E-state index contributed by atoms with van der Waals surface area (Å²) in [6.07, 6.45) is -1.31. The Labute approximate surface area is 219 Å². The Morgan fingerprint density at radius 1 is 1.03 bits per heavy atom. The Morgan fingerprint density at radius 2 is 1.76 bits per heavy atom. The van der Waals surface area contributed by atoms with E-state index in [-0.39, 0.29) is 24.4 Å². The van der Waals surface area contributed by atoms with E-state index in [0.717, 1.165) is 11.1 Å². The summed E-state index contributed by atoms with van der Waals surface area (Å²) in [5.74, 6) is -1.82. The molecule has 0 radical (unpaired) electrons. The third-order valence-electron chi connectivity index (χ3n) is 5.61. The van der Waals surface area contributed by atoms with Gasteiger partial charge in [0, 0.05) is 18.2 Å². The largest absolute Gasteiger partial charge is 0.491 e. The van der Waals surface area contributed by atoms with E-state index < -0.39 is 41.7 Å². The van der Waals surface area contributed by atoms with Gasteiger partial charge in [0.05, 0.1) is 6.10 Å². The van der Waals surface area contributed by atoms with Crippen LogP contribution in [0.3, 0.4) is 0 Å². The molecule has 38 heavy (non-hydrogen) atoms. The lowest BCUT2D eigenvalue weighted by atomic mass is 10.1. The van der Waals surface area contributed by atoms with Gasteiger partial charge in [-0.3, -0.25) is 14.4 Å². The fraction of sp³-hybridized carbons (Fsp3) is 0.333. The average molecular weight is 527 g/mol. The maximum absolute atomic E-state index is 14.3. The Hall–Kier alpha value is -4.25. The standard InChI is InChI=1S/C27H31FN4O6/c1-15-6-5-7-20(10-15)37-14-23(25(34)29-13-19-9-8-16(2)11-21(19)28)30-27(36)24(18(4)33)31-26(35)22-12-17(3)38-32-22/h5-12,18,23-24,33H,13-14H2,1-4H3,(H,29,34)(H,30,36)(H,31,35)/t18-,23+,24+/m1/s1. The number of ether oxygens (including phenoxy) is 1. The molecule has 0 aliphatic rings. The monoisotopic (exact) mass is 526 g/mol. The lowest BCUT2D eigenvalue weighted by molar-refractivity contribution is -0.132. The molecule has 1 heterocycles. The summed E-state index contributed by atoms with van der Waals surface area (Å²) in [5, 5.41) is 21.3. The molecular formula is C27H31FN4O6. The molecule has 1 aromatic heterocycles. The zero-order valence-electron chi connectivity index (χ0n) is 21.6. The van der Waals surface area contributed by atoms with Crippen molar-refractivity contribution in [1.29, 1.82) is 0 Å². The van der Waals surface area contributed by atoms with E-state index in [9.17, 15) is 23.9 Å². The number of carbonyl (C=O) groups excluding carboxylic acids is 3. The number of hydrogen-bond donors (Lipinski definition) is 4. The quantitative estimate of drug-likeness (QED) is 0.300. The van der Waals surface area contributed by atoms with Crippen LogP contribution in [0.1, 0.15) is 39.9 Å². The van der Waals surface area contributed by atoms with E-state index in [1.165, 1.54) is 19.1 Å². The molecule has 0 fully saturated rings. The van der Waals surface area contributed by atoms with Crippen LogP contribution < -0.4 is 20.7 Å². The first kappa shape index (κ1) is 28.3. The van der Waals surface area contributed by atoms with Crippen LogP contribution in [0, 0.1) is 26.6 Å². The van der Waals surface area contributed by atoms with Crippen molar-refractivity contribution in [3.8, 4) is 5.75 Å². The van der Waals surface area contributed by atoms with Gasteiger partial charge < -0.3 is 30.3 Å². The molecule has 3 aromatic rings. The molecule has 0 aliphatic carbocycles. The minimum Gasteiger partial charge on any atom is -0.491 e. The molecule has 11 heteroatoms. The van der Waals surface area contributed by atoms with Crippen LogP contribution in [0.2, 0.25) is 0 Å². The smallest absolute Gasteiger partial charge is 0.274 e. The van der Waals surface area contributed by atoms with Gasteiger partial charge in [0.15, 0.2) is 5.69 Å². The number of rotatable bonds is 11. The summed E-state index contributed by atoms with van der Waals surface area (Å²) in [4.78, 5) is 38.6. The Balaban J connectivity index is 1.73. The first-order valence-electron chi connectivity index (χ1n) is 12.0. The predicted molar refractivity (Wildman–Crippen MR) is 136 cm³/mol. The molecule has 0 spiro atoms. The van der Waals surface area contributed by atoms with E-state index in [2.05, 4.69) is 21.1 Å². The van der Waals surface area contributed by atoms with Gasteiger partial charge in [0.1, 0.15) is 36.0 Å². The fourth-order valence-corrected chi connectivity index (χ4v) is 3.52. The maximum atomic E-state index is 14.3. The van der Waals surface area contributed by atoms with E-state index in [1.807, 2.05) is 13.0 Å². The summed E-state index contributed by atoms with van der Waals surface area (Å²) in [5.41, 5.74) is 1.87. The van der Waals surface area contributed by atoms with E-state index in [1.54, 1.807) is 44.2 Å². The third kappa shape index (κ3) is 7.87. The molecular weight excluding hydrogens is 495 g/mol. The van der Waals surface area contributed by atoms with Crippen molar-refractivity contribution in [3.63, 3.8) is 0 Å². The SMILES string of the molecule is Cc1cccc(OC[C@H](NC(=O)[C@@H](NC(=O)c2cc(C)on2)[C@@H](C)O)C(=O)NCc2ccc(C)cc2F)c1. The number of aryl methyl sites for hydroxylation is 3. The van der Waals surface area contributed by atoms with E-state index >= 15 is 0 Å². The highest BCUT2D eigenvalue weighted by molar-refractivity contribution is 5.97. The number of nitrogens with zero attached hydrogens (tertiary/aromatic N) is 1. The number of carbonyl (C=O) groups is 3. The van der Waals surface area contributed by atoms with Crippen LogP contribution in [0.4, 0.5) is 4.39 Å². The summed E-state index contributed by atoms with van der Waals surface area (Å²) in [7, 11) is 0. The van der Waals surface area contributed by atoms with Crippen LogP contribution >= 0.6 is 0 Å². The summed E-state index contributed by atoms with van der Waals surface area (Å²) in [6, 6.07) is 10.5. The second-order valence-corrected chi connectivity index (χ2v) is 9.02. The zero-order valence-corrected chi connectivity index (χ0v) is 21.6. The lowest BCUT2D eigenvalue weighted by Crippen LogP contribution is -2.58. The number of aliphatic hydroxyl groups is 1. The molecule has 3 amide bonds. The van der Waals surface area contributed by atoms with Crippen LogP contribution in [-0.2, 0) is 16.1 Å². The molecule has 0 saturated heterocycles. The normalized spacial score (nSPS) is 13.2. The van der Waals surface area contributed by atoms with Crippen molar-refractivity contribution < 1.29 is 33.1 Å². The molecule has 202 valence electrons. The maximum Gasteiger partial charge on any atom is 0.274 e. The van der Waals surface area contributed by atoms with Crippen molar-refractivity contribution >= 4 is 17.7 Å². The third-order valence-corrected chi connectivity index (χ3v) is 5.61. The highest BCUT2D eigenvalue weighted by Crippen LogP contribution is 2.13. The fourth-order valence-electron chi connectivity index (χ4n) is 3.52. The molecule has 10 nitrogen and oxygen atoms in total. The molecule has 0 aliphatic heterocycles. The first-order valence-corrected chi connectivity index (χ1v) is 12.0. The number of nitrogens with one attached hydrogen (secondary N) is 3. The minimum atomic E-state index is -1.41. The molecule has 0 unspecified atom stereocenters. The zero-order chi connectivity index (χ0) is 27.8. The minimum absolute atomic E-state index is 0.0712. The van der Waals surface area contributed by atoms with Crippen LogP contribution in [-0.4, -0.2) is 52.8 Å². The van der Waals surface area contributed by atoms with Gasteiger partial charge in [-0.15, -0.1) is 0 Å². The summed E-state index contributed by atoms with van der Waals surface area (Å²) >= 11 is 0. The predicted octanol–water partition coefficient (Wildman–Crippen LogP) is 2.10. The van der Waals surface area contributed by atoms with Crippen molar-refractivity contribution in [2.75, 3.05) is 6.61 Å². The van der Waals surface area contributed by atoms with Crippen molar-refractivity contribution in [1.82, 2.24) is 21.1 Å². The Bertz CT molecular complexity index is 1290. The van der Waals surface area contributed by atoms with Crippen molar-refractivity contribution in [3.05, 3.63) is 82.5 Å². The van der Waals surface area contributed by atoms with Crippen LogP contribution in [0.5, 0.6) is 5.75 Å². The first-order chi connectivity index (χ1) is 18.0. The summed E-state index contributed by atoms with van der Waals surface area (Å²) in [6.45, 7) is 6.16. The molecule has 3 rings (SSSR count). The topological polar surface area (TPSA) is 143 Å². The van der Waals surface area contributed by atoms with Crippen LogP contribution in [0.25, 0.3) is 0 Å². The van der Waals surface area contributed by atoms with Gasteiger partial charge in [0.2, 0.25) is 11.8 Å². The van der Waals surface area contributed by atoms with Gasteiger partial charge in [-0.25, -0.2) is 4.39 Å². The molecule has 3 atom stereocenters. The highest BCUT2D eigenvalue weighted by atomic mass is 19.1. The van der Waals surface area contributed by atoms with E-state index in [4.69, 9.17) is 9.26 Å². The van der Waals surface area contributed by atoms with Gasteiger partial charge in [0.25, 0.3) is 5.91 Å². The number of benzene rings is 2. The van der Waals surface area contributed by atoms with Gasteiger partial charge >= 0.3 is 0 Å². The lowest BCUT2D eigenvalue weighted by Gasteiger charge is -2.24. The molecule has 2 aromatic carbocycles. The van der Waals surface area contributed by atoms with Gasteiger partial charge in [-0.2, -0.15) is 0 Å². The molecule has 0 saturated carbocycles. The number of aromatic nitrogens is 1. The number of hydrogen-bond acceptors (Lipinski definition) is 7. The number of amides is 3. The molecule has 0 bridgehead atoms. The van der Waals surface area contributed by atoms with Crippen molar-refractivity contribution in [2.45, 2.75) is 52.4 Å². The van der Waals surface area contributed by atoms with Crippen molar-refractivity contribution in [2.24, 2.45) is 0 Å². The second kappa shape index (κ2) is 12.8.